The fourth-order valence-corrected chi connectivity index (χ4v) is 2.86. The first kappa shape index (κ1) is 12.5. The smallest absolute Gasteiger partial charge is 0.149 e. The topological polar surface area (TPSA) is 22.1 Å². The lowest BCUT2D eigenvalue weighted by Crippen LogP contribution is -1.95. The summed E-state index contributed by atoms with van der Waals surface area (Å²) in [6, 6.07) is 3.13. The molecule has 0 radical (unpaired) electrons. The molecule has 1 aromatic carbocycles. The quantitative estimate of drug-likeness (QED) is 0.763. The number of hydrogen-bond acceptors (Lipinski definition) is 2. The van der Waals surface area contributed by atoms with E-state index in [1.807, 2.05) is 0 Å². The van der Waals surface area contributed by atoms with Gasteiger partial charge in [0.1, 0.15) is 27.7 Å². The molecular weight excluding hydrogens is 316 g/mol. The van der Waals surface area contributed by atoms with Gasteiger partial charge in [0, 0.05) is 23.8 Å². The van der Waals surface area contributed by atoms with E-state index in [9.17, 15) is 8.78 Å². The van der Waals surface area contributed by atoms with E-state index in [1.54, 1.807) is 6.20 Å². The van der Waals surface area contributed by atoms with Crippen LogP contribution in [0.3, 0.4) is 0 Å². The van der Waals surface area contributed by atoms with Crippen LogP contribution in [0.5, 0.6) is 11.5 Å². The van der Waals surface area contributed by atoms with E-state index in [4.69, 9.17) is 4.74 Å². The van der Waals surface area contributed by atoms with Gasteiger partial charge in [-0.15, -0.1) is 0 Å². The Kier molecular flexibility index (Phi) is 3.22. The predicted octanol–water partition coefficient (Wildman–Crippen LogP) is 4.40. The van der Waals surface area contributed by atoms with E-state index in [0.717, 1.165) is 53.2 Å². The van der Waals surface area contributed by atoms with Crippen LogP contribution in [-0.2, 0) is 12.8 Å². The van der Waals surface area contributed by atoms with Gasteiger partial charge in [0.05, 0.1) is 6.20 Å². The Morgan fingerprint density at radius 1 is 1.05 bits per heavy atom. The minimum atomic E-state index is -0.656. The minimum absolute atomic E-state index is 0.149. The van der Waals surface area contributed by atoms with Crippen molar-refractivity contribution in [3.63, 3.8) is 0 Å². The van der Waals surface area contributed by atoms with Crippen molar-refractivity contribution in [1.29, 1.82) is 0 Å². The van der Waals surface area contributed by atoms with Crippen LogP contribution in [0.15, 0.2) is 29.0 Å². The maximum Gasteiger partial charge on any atom is 0.149 e. The van der Waals surface area contributed by atoms with Crippen LogP contribution < -0.4 is 4.74 Å². The van der Waals surface area contributed by atoms with Crippen LogP contribution in [-0.4, -0.2) is 4.98 Å². The van der Waals surface area contributed by atoms with E-state index in [0.29, 0.717) is 5.75 Å². The van der Waals surface area contributed by atoms with E-state index in [-0.39, 0.29) is 5.75 Å². The highest BCUT2D eigenvalue weighted by atomic mass is 79.9. The number of aromatic nitrogens is 1. The number of fused-ring (bicyclic) bond motifs is 1. The molecule has 0 saturated heterocycles. The first-order valence-electron chi connectivity index (χ1n) is 5.93. The van der Waals surface area contributed by atoms with Gasteiger partial charge in [-0.1, -0.05) is 0 Å². The van der Waals surface area contributed by atoms with Crippen LogP contribution in [0.1, 0.15) is 17.5 Å². The number of pyridine rings is 1. The summed E-state index contributed by atoms with van der Waals surface area (Å²) in [5, 5.41) is 0. The summed E-state index contributed by atoms with van der Waals surface area (Å²) in [7, 11) is 0. The second-order valence-electron chi connectivity index (χ2n) is 4.43. The Balaban J connectivity index is 1.98. The SMILES string of the molecule is Fc1cc(F)cc(Oc2cnc(Br)c3c2CCC3)c1. The zero-order valence-corrected chi connectivity index (χ0v) is 11.5. The van der Waals surface area contributed by atoms with Gasteiger partial charge in [0.2, 0.25) is 0 Å². The molecule has 98 valence electrons. The Bertz CT molecular complexity index is 625. The standard InChI is InChI=1S/C14H10BrF2NO/c15-14-12-3-1-2-11(12)13(7-18-14)19-10-5-8(16)4-9(17)6-10/h4-7H,1-3H2. The minimum Gasteiger partial charge on any atom is -0.455 e. The van der Waals surface area contributed by atoms with Gasteiger partial charge in [0.25, 0.3) is 0 Å². The normalized spacial score (nSPS) is 13.4. The molecule has 0 saturated carbocycles. The molecule has 0 bridgehead atoms. The highest BCUT2D eigenvalue weighted by molar-refractivity contribution is 9.10. The highest BCUT2D eigenvalue weighted by Gasteiger charge is 2.20. The third-order valence-corrected chi connectivity index (χ3v) is 3.81. The summed E-state index contributed by atoms with van der Waals surface area (Å²) < 4.78 is 32.6. The molecule has 19 heavy (non-hydrogen) atoms. The molecule has 1 aliphatic rings. The second-order valence-corrected chi connectivity index (χ2v) is 5.18. The summed E-state index contributed by atoms with van der Waals surface area (Å²) >= 11 is 3.40. The van der Waals surface area contributed by atoms with Crippen molar-refractivity contribution in [3.8, 4) is 11.5 Å². The number of nitrogens with zero attached hydrogens (tertiary/aromatic N) is 1. The van der Waals surface area contributed by atoms with Gasteiger partial charge in [-0.05, 0) is 40.8 Å². The van der Waals surface area contributed by atoms with Gasteiger partial charge in [-0.3, -0.25) is 0 Å². The molecular formula is C14H10BrF2NO. The van der Waals surface area contributed by atoms with Gasteiger partial charge >= 0.3 is 0 Å². The van der Waals surface area contributed by atoms with Crippen molar-refractivity contribution in [2.45, 2.75) is 19.3 Å². The van der Waals surface area contributed by atoms with Gasteiger partial charge in [0.15, 0.2) is 0 Å². The molecule has 1 aliphatic carbocycles. The Morgan fingerprint density at radius 2 is 1.74 bits per heavy atom. The monoisotopic (exact) mass is 325 g/mol. The number of benzene rings is 1. The molecule has 0 amide bonds. The molecule has 0 atom stereocenters. The molecule has 0 fully saturated rings. The van der Waals surface area contributed by atoms with Gasteiger partial charge in [-0.2, -0.15) is 0 Å². The fourth-order valence-electron chi connectivity index (χ4n) is 2.32. The number of halogens is 3. The van der Waals surface area contributed by atoms with Crippen LogP contribution >= 0.6 is 15.9 Å². The van der Waals surface area contributed by atoms with Crippen molar-refractivity contribution in [2.24, 2.45) is 0 Å². The lowest BCUT2D eigenvalue weighted by Gasteiger charge is -2.11. The molecule has 2 nitrogen and oxygen atoms in total. The molecule has 0 aliphatic heterocycles. The molecule has 1 heterocycles. The third-order valence-electron chi connectivity index (χ3n) is 3.12. The van der Waals surface area contributed by atoms with Gasteiger partial charge in [-0.25, -0.2) is 13.8 Å². The maximum atomic E-state index is 13.1. The summed E-state index contributed by atoms with van der Waals surface area (Å²) in [5.41, 5.74) is 2.18. The zero-order chi connectivity index (χ0) is 13.4. The van der Waals surface area contributed by atoms with Crippen molar-refractivity contribution in [1.82, 2.24) is 4.98 Å². The lowest BCUT2D eigenvalue weighted by atomic mass is 10.2. The van der Waals surface area contributed by atoms with Crippen LogP contribution in [0.2, 0.25) is 0 Å². The maximum absolute atomic E-state index is 13.1. The molecule has 0 unspecified atom stereocenters. The van der Waals surface area contributed by atoms with Crippen LogP contribution in [0.25, 0.3) is 0 Å². The number of hydrogen-bond donors (Lipinski definition) is 0. The van der Waals surface area contributed by atoms with Gasteiger partial charge < -0.3 is 4.74 Å². The first-order valence-corrected chi connectivity index (χ1v) is 6.73. The second kappa shape index (κ2) is 4.89. The molecule has 1 aromatic heterocycles. The van der Waals surface area contributed by atoms with E-state index in [2.05, 4.69) is 20.9 Å². The Morgan fingerprint density at radius 3 is 2.47 bits per heavy atom. The van der Waals surface area contributed by atoms with Crippen molar-refractivity contribution >= 4 is 15.9 Å². The van der Waals surface area contributed by atoms with E-state index < -0.39 is 11.6 Å². The largest absolute Gasteiger partial charge is 0.455 e. The summed E-state index contributed by atoms with van der Waals surface area (Å²) in [6.45, 7) is 0. The number of rotatable bonds is 2. The van der Waals surface area contributed by atoms with Crippen molar-refractivity contribution < 1.29 is 13.5 Å². The molecule has 5 heteroatoms. The number of ether oxygens (including phenoxy) is 1. The third kappa shape index (κ3) is 2.47. The first-order chi connectivity index (χ1) is 9.13. The Hall–Kier alpha value is -1.49. The summed E-state index contributed by atoms with van der Waals surface area (Å²) in [6.07, 6.45) is 4.45. The molecule has 0 N–H and O–H groups in total. The zero-order valence-electron chi connectivity index (χ0n) is 9.92. The van der Waals surface area contributed by atoms with Crippen LogP contribution in [0.4, 0.5) is 8.78 Å². The summed E-state index contributed by atoms with van der Waals surface area (Å²) in [5.74, 6) is -0.593. The average molecular weight is 326 g/mol. The molecule has 0 spiro atoms. The van der Waals surface area contributed by atoms with Crippen LogP contribution in [0, 0.1) is 11.6 Å². The Labute approximate surface area is 117 Å². The molecule has 3 rings (SSSR count). The van der Waals surface area contributed by atoms with Crippen molar-refractivity contribution in [3.05, 3.63) is 51.8 Å². The predicted molar refractivity (Wildman–Crippen MR) is 70.4 cm³/mol. The highest BCUT2D eigenvalue weighted by Crippen LogP contribution is 2.36. The van der Waals surface area contributed by atoms with Crippen molar-refractivity contribution in [2.75, 3.05) is 0 Å². The van der Waals surface area contributed by atoms with E-state index >= 15 is 0 Å². The lowest BCUT2D eigenvalue weighted by molar-refractivity contribution is 0.461. The van der Waals surface area contributed by atoms with E-state index in [1.165, 1.54) is 0 Å². The molecule has 2 aromatic rings. The average Bonchev–Trinajstić information content (AvgIpc) is 2.81. The summed E-state index contributed by atoms with van der Waals surface area (Å²) in [4.78, 5) is 4.20. The fraction of sp³-hybridized carbons (Fsp3) is 0.214.